The molecule has 186 valence electrons. The van der Waals surface area contributed by atoms with Gasteiger partial charge < -0.3 is 20.6 Å². The van der Waals surface area contributed by atoms with Crippen LogP contribution >= 0.6 is 0 Å². The standard InChI is InChI=1S/C24H23F4N3O4/c1-12-8-14(3-7-19(12)25)29-21(32)13-2-6-20(26)18(9-13)24(27,28)22(33)31-16-4-5-17(31)11-15(10-16)30-23(34)35/h2-3,6-9,15-17,30H,4-5,10-11H2,1H3,(H,29,32)(H,34,35)/t15?,16-,17+. The summed E-state index contributed by atoms with van der Waals surface area (Å²) in [5.74, 6) is -8.49. The molecule has 0 saturated carbocycles. The number of nitrogens with one attached hydrogen (secondary N) is 2. The Morgan fingerprint density at radius 1 is 1.00 bits per heavy atom. The minimum Gasteiger partial charge on any atom is -0.465 e. The Morgan fingerprint density at radius 3 is 2.23 bits per heavy atom. The number of carbonyl (C=O) groups excluding carboxylic acids is 2. The van der Waals surface area contributed by atoms with E-state index in [0.29, 0.717) is 25.0 Å². The van der Waals surface area contributed by atoms with Gasteiger partial charge in [-0.1, -0.05) is 0 Å². The van der Waals surface area contributed by atoms with E-state index in [1.54, 1.807) is 0 Å². The van der Waals surface area contributed by atoms with Crippen molar-refractivity contribution < 1.29 is 37.1 Å². The van der Waals surface area contributed by atoms with Crippen LogP contribution in [0.1, 0.15) is 47.2 Å². The fraction of sp³-hybridized carbons (Fsp3) is 0.375. The molecule has 3 atom stereocenters. The van der Waals surface area contributed by atoms with Gasteiger partial charge in [0, 0.05) is 29.4 Å². The number of carbonyl (C=O) groups is 3. The number of benzene rings is 2. The third-order valence-electron chi connectivity index (χ3n) is 6.55. The van der Waals surface area contributed by atoms with Gasteiger partial charge in [-0.2, -0.15) is 8.78 Å². The van der Waals surface area contributed by atoms with Gasteiger partial charge in [-0.15, -0.1) is 0 Å². The van der Waals surface area contributed by atoms with Crippen molar-refractivity contribution in [3.8, 4) is 0 Å². The molecule has 2 fully saturated rings. The van der Waals surface area contributed by atoms with Gasteiger partial charge in [-0.05, 0) is 74.6 Å². The number of fused-ring (bicyclic) bond motifs is 2. The molecule has 0 aliphatic carbocycles. The van der Waals surface area contributed by atoms with Crippen molar-refractivity contribution in [2.24, 2.45) is 0 Å². The molecule has 1 unspecified atom stereocenters. The summed E-state index contributed by atoms with van der Waals surface area (Å²) in [5.41, 5.74) is -1.05. The second-order valence-corrected chi connectivity index (χ2v) is 8.90. The normalized spacial score (nSPS) is 21.5. The molecule has 11 heteroatoms. The van der Waals surface area contributed by atoms with Crippen molar-refractivity contribution in [2.75, 3.05) is 5.32 Å². The van der Waals surface area contributed by atoms with Crippen LogP contribution in [0.3, 0.4) is 0 Å². The van der Waals surface area contributed by atoms with Gasteiger partial charge in [0.25, 0.3) is 11.8 Å². The summed E-state index contributed by atoms with van der Waals surface area (Å²) in [7, 11) is 0. The predicted octanol–water partition coefficient (Wildman–Crippen LogP) is 4.41. The maximum absolute atomic E-state index is 15.3. The molecule has 35 heavy (non-hydrogen) atoms. The number of hydrogen-bond acceptors (Lipinski definition) is 3. The Bertz CT molecular complexity index is 1180. The fourth-order valence-electron chi connectivity index (χ4n) is 4.91. The number of amides is 3. The van der Waals surface area contributed by atoms with Crippen molar-refractivity contribution in [1.29, 1.82) is 0 Å². The SMILES string of the molecule is Cc1cc(NC(=O)c2ccc(F)c(C(F)(F)C(=O)N3[C@@H]4CC[C@H]3CC(NC(=O)O)C4)c2)ccc1F. The van der Waals surface area contributed by atoms with Crippen LogP contribution in [-0.2, 0) is 10.7 Å². The highest BCUT2D eigenvalue weighted by molar-refractivity contribution is 6.04. The van der Waals surface area contributed by atoms with E-state index in [-0.39, 0.29) is 29.7 Å². The molecule has 2 bridgehead atoms. The lowest BCUT2D eigenvalue weighted by Crippen LogP contribution is -2.55. The third kappa shape index (κ3) is 4.80. The van der Waals surface area contributed by atoms with E-state index in [1.165, 1.54) is 19.1 Å². The lowest BCUT2D eigenvalue weighted by atomic mass is 9.95. The van der Waals surface area contributed by atoms with Crippen LogP contribution in [0.2, 0.25) is 0 Å². The van der Waals surface area contributed by atoms with E-state index in [9.17, 15) is 23.2 Å². The van der Waals surface area contributed by atoms with Crippen LogP contribution in [0.4, 0.5) is 28.0 Å². The highest BCUT2D eigenvalue weighted by atomic mass is 19.3. The van der Waals surface area contributed by atoms with Gasteiger partial charge in [-0.3, -0.25) is 9.59 Å². The molecule has 0 aromatic heterocycles. The molecule has 7 nitrogen and oxygen atoms in total. The van der Waals surface area contributed by atoms with Crippen LogP contribution in [-0.4, -0.2) is 46.0 Å². The third-order valence-corrected chi connectivity index (χ3v) is 6.55. The summed E-state index contributed by atoms with van der Waals surface area (Å²) >= 11 is 0. The minimum absolute atomic E-state index is 0.187. The lowest BCUT2D eigenvalue weighted by molar-refractivity contribution is -0.164. The Labute approximate surface area is 198 Å². The monoisotopic (exact) mass is 493 g/mol. The second-order valence-electron chi connectivity index (χ2n) is 8.90. The zero-order valence-electron chi connectivity index (χ0n) is 18.7. The average molecular weight is 493 g/mol. The Hall–Kier alpha value is -3.63. The highest BCUT2D eigenvalue weighted by Gasteiger charge is 2.53. The highest BCUT2D eigenvalue weighted by Crippen LogP contribution is 2.41. The molecule has 0 radical (unpaired) electrons. The van der Waals surface area contributed by atoms with Crippen molar-refractivity contribution in [3.63, 3.8) is 0 Å². The van der Waals surface area contributed by atoms with E-state index in [2.05, 4.69) is 10.6 Å². The zero-order valence-corrected chi connectivity index (χ0v) is 18.7. The number of alkyl halides is 2. The molecule has 2 aliphatic rings. The smallest absolute Gasteiger partial charge is 0.404 e. The zero-order chi connectivity index (χ0) is 25.5. The largest absolute Gasteiger partial charge is 0.465 e. The summed E-state index contributed by atoms with van der Waals surface area (Å²) in [6, 6.07) is 4.48. The Kier molecular flexibility index (Phi) is 6.44. The van der Waals surface area contributed by atoms with Crippen LogP contribution in [0.25, 0.3) is 0 Å². The summed E-state index contributed by atoms with van der Waals surface area (Å²) in [6.07, 6.45) is 0.0187. The number of rotatable bonds is 5. The molecule has 3 amide bonds. The molecule has 3 N–H and O–H groups in total. The van der Waals surface area contributed by atoms with Crippen molar-refractivity contribution in [2.45, 2.75) is 56.7 Å². The lowest BCUT2D eigenvalue weighted by Gasteiger charge is -2.40. The molecule has 2 saturated heterocycles. The maximum Gasteiger partial charge on any atom is 0.404 e. The molecule has 2 heterocycles. The van der Waals surface area contributed by atoms with Gasteiger partial charge in [0.05, 0.1) is 5.56 Å². The first-order valence-corrected chi connectivity index (χ1v) is 11.0. The molecule has 0 spiro atoms. The van der Waals surface area contributed by atoms with Crippen LogP contribution in [0.15, 0.2) is 36.4 Å². The van der Waals surface area contributed by atoms with Gasteiger partial charge in [-0.25, -0.2) is 13.6 Å². The molecule has 2 aliphatic heterocycles. The topological polar surface area (TPSA) is 98.7 Å². The van der Waals surface area contributed by atoms with E-state index in [1.807, 2.05) is 0 Å². The minimum atomic E-state index is -4.25. The number of hydrogen-bond donors (Lipinski definition) is 3. The quantitative estimate of drug-likeness (QED) is 0.538. The summed E-state index contributed by atoms with van der Waals surface area (Å²) in [6.45, 7) is 1.49. The van der Waals surface area contributed by atoms with E-state index in [0.717, 1.165) is 17.0 Å². The molecule has 4 rings (SSSR count). The summed E-state index contributed by atoms with van der Waals surface area (Å²) in [4.78, 5) is 37.5. The van der Waals surface area contributed by atoms with Gasteiger partial charge in [0.15, 0.2) is 0 Å². The second kappa shape index (κ2) is 9.20. The predicted molar refractivity (Wildman–Crippen MR) is 117 cm³/mol. The first-order chi connectivity index (χ1) is 16.5. The van der Waals surface area contributed by atoms with Crippen LogP contribution in [0.5, 0.6) is 0 Å². The van der Waals surface area contributed by atoms with Gasteiger partial charge in [0.1, 0.15) is 11.6 Å². The van der Waals surface area contributed by atoms with Crippen LogP contribution in [0, 0.1) is 18.6 Å². The average Bonchev–Trinajstić information content (AvgIpc) is 3.05. The first-order valence-electron chi connectivity index (χ1n) is 11.0. The molecular weight excluding hydrogens is 470 g/mol. The first kappa shape index (κ1) is 24.5. The maximum atomic E-state index is 15.3. The summed E-state index contributed by atoms with van der Waals surface area (Å²) < 4.78 is 58.6. The van der Waals surface area contributed by atoms with E-state index >= 15 is 8.78 Å². The Morgan fingerprint density at radius 2 is 1.63 bits per heavy atom. The van der Waals surface area contributed by atoms with E-state index in [4.69, 9.17) is 5.11 Å². The number of carboxylic acid groups (broad SMARTS) is 1. The molecule has 2 aromatic carbocycles. The van der Waals surface area contributed by atoms with Crippen molar-refractivity contribution >= 4 is 23.6 Å². The number of aryl methyl sites for hydroxylation is 1. The van der Waals surface area contributed by atoms with Crippen LogP contribution < -0.4 is 10.6 Å². The number of halogens is 4. The summed E-state index contributed by atoms with van der Waals surface area (Å²) in [5, 5.41) is 13.7. The van der Waals surface area contributed by atoms with Gasteiger partial charge >= 0.3 is 12.0 Å². The van der Waals surface area contributed by atoms with Gasteiger partial charge in [0.2, 0.25) is 0 Å². The van der Waals surface area contributed by atoms with Crippen molar-refractivity contribution in [1.82, 2.24) is 10.2 Å². The number of nitrogens with zero attached hydrogens (tertiary/aromatic N) is 1. The fourth-order valence-corrected chi connectivity index (χ4v) is 4.91. The molecule has 2 aromatic rings. The Balaban J connectivity index is 1.55. The van der Waals surface area contributed by atoms with Crippen molar-refractivity contribution in [3.05, 3.63) is 64.7 Å². The number of piperidine rings is 1. The van der Waals surface area contributed by atoms with E-state index < -0.39 is 59.2 Å². The molecular formula is C24H23F4N3O4. The number of anilines is 1.